The van der Waals surface area contributed by atoms with Crippen molar-refractivity contribution < 1.29 is 17.7 Å². The maximum absolute atomic E-state index is 12.4. The highest BCUT2D eigenvalue weighted by Gasteiger charge is 2.28. The Hall–Kier alpha value is -0.470. The minimum atomic E-state index is -3.60. The van der Waals surface area contributed by atoms with Gasteiger partial charge in [0.05, 0.1) is 11.5 Å². The molecule has 0 bridgehead atoms. The fourth-order valence-corrected chi connectivity index (χ4v) is 4.88. The van der Waals surface area contributed by atoms with Crippen LogP contribution in [-0.4, -0.2) is 46.6 Å². The molecule has 0 radical (unpaired) electrons. The molecule has 1 heterocycles. The number of hydrogen-bond donors (Lipinski definition) is 1. The molecule has 0 aromatic heterocycles. The van der Waals surface area contributed by atoms with Crippen LogP contribution < -0.4 is 0 Å². The van der Waals surface area contributed by atoms with Crippen LogP contribution in [0.25, 0.3) is 0 Å². The van der Waals surface area contributed by atoms with E-state index in [-0.39, 0.29) is 29.6 Å². The fraction of sp³-hybridized carbons (Fsp3) is 0.455. The van der Waals surface area contributed by atoms with E-state index in [9.17, 15) is 12.6 Å². The van der Waals surface area contributed by atoms with E-state index in [0.29, 0.717) is 17.1 Å². The summed E-state index contributed by atoms with van der Waals surface area (Å²) in [7, 11) is -4.53. The van der Waals surface area contributed by atoms with Crippen molar-refractivity contribution in [3.05, 3.63) is 28.8 Å². The van der Waals surface area contributed by atoms with Gasteiger partial charge < -0.3 is 5.11 Å². The summed E-state index contributed by atoms with van der Waals surface area (Å²) in [4.78, 5) is 0.0994. The molecule has 106 valence electrons. The van der Waals surface area contributed by atoms with Gasteiger partial charge in [-0.25, -0.2) is 8.42 Å². The Morgan fingerprint density at radius 3 is 2.47 bits per heavy atom. The summed E-state index contributed by atoms with van der Waals surface area (Å²) in [5.74, 6) is 0.726. The van der Waals surface area contributed by atoms with Crippen molar-refractivity contribution >= 4 is 32.4 Å². The molecule has 0 aliphatic carbocycles. The van der Waals surface area contributed by atoms with Crippen molar-refractivity contribution in [2.24, 2.45) is 0 Å². The molecule has 1 aromatic rings. The third-order valence-electron chi connectivity index (χ3n) is 2.97. The van der Waals surface area contributed by atoms with Crippen molar-refractivity contribution in [1.82, 2.24) is 4.31 Å². The predicted molar refractivity (Wildman–Crippen MR) is 74.0 cm³/mol. The Bertz CT molecular complexity index is 593. The highest BCUT2D eigenvalue weighted by molar-refractivity contribution is 7.89. The molecule has 0 amide bonds. The van der Waals surface area contributed by atoms with Gasteiger partial charge in [0.2, 0.25) is 10.0 Å². The largest absolute Gasteiger partial charge is 0.392 e. The maximum Gasteiger partial charge on any atom is 0.243 e. The lowest BCUT2D eigenvalue weighted by Crippen LogP contribution is -2.41. The average molecular weight is 324 g/mol. The standard InChI is InChI=1S/C11H14ClNO4S2/c12-11-7-10(2-1-9(11)8-14)19(16,17)13-3-5-18(15)6-4-13/h1-2,7,14H,3-6,8H2. The monoisotopic (exact) mass is 323 g/mol. The summed E-state index contributed by atoms with van der Waals surface area (Å²) in [6.07, 6.45) is 0. The van der Waals surface area contributed by atoms with Gasteiger partial charge in [-0.3, -0.25) is 4.21 Å². The van der Waals surface area contributed by atoms with Crippen LogP contribution in [0, 0.1) is 0 Å². The minimum absolute atomic E-state index is 0.0994. The maximum atomic E-state index is 12.4. The lowest BCUT2D eigenvalue weighted by Gasteiger charge is -2.25. The summed E-state index contributed by atoms with van der Waals surface area (Å²) >= 11 is 5.91. The Labute approximate surface area is 119 Å². The van der Waals surface area contributed by atoms with Crippen molar-refractivity contribution in [2.45, 2.75) is 11.5 Å². The van der Waals surface area contributed by atoms with E-state index in [2.05, 4.69) is 0 Å². The van der Waals surface area contributed by atoms with E-state index >= 15 is 0 Å². The molecule has 1 N–H and O–H groups in total. The van der Waals surface area contributed by atoms with Gasteiger partial charge in [0.15, 0.2) is 0 Å². The minimum Gasteiger partial charge on any atom is -0.392 e. The van der Waals surface area contributed by atoms with Gasteiger partial charge in [-0.15, -0.1) is 0 Å². The van der Waals surface area contributed by atoms with Crippen LogP contribution in [0.15, 0.2) is 23.1 Å². The molecule has 8 heteroatoms. The van der Waals surface area contributed by atoms with Crippen LogP contribution in [0.4, 0.5) is 0 Å². The van der Waals surface area contributed by atoms with Gasteiger partial charge in [0.25, 0.3) is 0 Å². The summed E-state index contributed by atoms with van der Waals surface area (Å²) in [6.45, 7) is 0.282. The lowest BCUT2D eigenvalue weighted by molar-refractivity contribution is 0.282. The molecule has 0 unspecified atom stereocenters. The van der Waals surface area contributed by atoms with Gasteiger partial charge in [-0.2, -0.15) is 4.31 Å². The molecular weight excluding hydrogens is 310 g/mol. The van der Waals surface area contributed by atoms with E-state index in [1.807, 2.05) is 0 Å². The van der Waals surface area contributed by atoms with Crippen molar-refractivity contribution in [3.63, 3.8) is 0 Å². The number of nitrogens with zero attached hydrogens (tertiary/aromatic N) is 1. The lowest BCUT2D eigenvalue weighted by atomic mass is 10.2. The second-order valence-corrected chi connectivity index (χ2v) is 8.20. The molecule has 1 fully saturated rings. The molecule has 1 aliphatic heterocycles. The van der Waals surface area contributed by atoms with Crippen LogP contribution >= 0.6 is 11.6 Å². The Morgan fingerprint density at radius 1 is 1.32 bits per heavy atom. The van der Waals surface area contributed by atoms with Crippen LogP contribution in [0.5, 0.6) is 0 Å². The number of benzene rings is 1. The second kappa shape index (κ2) is 5.88. The smallest absolute Gasteiger partial charge is 0.243 e. The highest BCUT2D eigenvalue weighted by Crippen LogP contribution is 2.24. The molecule has 0 spiro atoms. The van der Waals surface area contributed by atoms with Gasteiger partial charge >= 0.3 is 0 Å². The van der Waals surface area contributed by atoms with Crippen LogP contribution in [0.2, 0.25) is 5.02 Å². The molecule has 0 atom stereocenters. The van der Waals surface area contributed by atoms with Crippen LogP contribution in [-0.2, 0) is 27.4 Å². The summed E-state index contributed by atoms with van der Waals surface area (Å²) in [6, 6.07) is 4.27. The first kappa shape index (κ1) is 14.9. The molecule has 1 aliphatic rings. The molecule has 19 heavy (non-hydrogen) atoms. The molecule has 5 nitrogen and oxygen atoms in total. The number of aliphatic hydroxyl groups is 1. The number of rotatable bonds is 3. The first-order chi connectivity index (χ1) is 8.95. The summed E-state index contributed by atoms with van der Waals surface area (Å²) in [5.41, 5.74) is 0.486. The number of halogens is 1. The van der Waals surface area contributed by atoms with Gasteiger partial charge in [-0.1, -0.05) is 17.7 Å². The highest BCUT2D eigenvalue weighted by atomic mass is 35.5. The molecule has 2 rings (SSSR count). The second-order valence-electron chi connectivity index (χ2n) is 4.16. The van der Waals surface area contributed by atoms with Crippen molar-refractivity contribution in [1.29, 1.82) is 0 Å². The average Bonchev–Trinajstić information content (AvgIpc) is 2.39. The van der Waals surface area contributed by atoms with E-state index in [0.717, 1.165) is 0 Å². The Balaban J connectivity index is 2.29. The topological polar surface area (TPSA) is 74.7 Å². The molecular formula is C11H14ClNO4S2. The van der Waals surface area contributed by atoms with E-state index in [4.69, 9.17) is 16.7 Å². The van der Waals surface area contributed by atoms with Crippen LogP contribution in [0.1, 0.15) is 5.56 Å². The van der Waals surface area contributed by atoms with Gasteiger partial charge in [0.1, 0.15) is 0 Å². The zero-order valence-electron chi connectivity index (χ0n) is 10.1. The number of hydrogen-bond acceptors (Lipinski definition) is 4. The molecule has 1 saturated heterocycles. The van der Waals surface area contributed by atoms with Gasteiger partial charge in [0, 0.05) is 40.4 Å². The van der Waals surface area contributed by atoms with Crippen molar-refractivity contribution in [3.8, 4) is 0 Å². The van der Waals surface area contributed by atoms with E-state index in [1.54, 1.807) is 0 Å². The number of sulfonamides is 1. The molecule has 1 aromatic carbocycles. The first-order valence-corrected chi connectivity index (χ1v) is 9.00. The SMILES string of the molecule is O=S1CCN(S(=O)(=O)c2ccc(CO)c(Cl)c2)CC1. The van der Waals surface area contributed by atoms with Crippen molar-refractivity contribution in [2.75, 3.05) is 24.6 Å². The van der Waals surface area contributed by atoms with Crippen LogP contribution in [0.3, 0.4) is 0 Å². The molecule has 0 saturated carbocycles. The summed E-state index contributed by atoms with van der Waals surface area (Å²) < 4.78 is 37.3. The zero-order valence-corrected chi connectivity index (χ0v) is 12.5. The first-order valence-electron chi connectivity index (χ1n) is 5.69. The van der Waals surface area contributed by atoms with E-state index < -0.39 is 20.8 Å². The Morgan fingerprint density at radius 2 is 1.95 bits per heavy atom. The number of aliphatic hydroxyl groups excluding tert-OH is 1. The Kier molecular flexibility index (Phi) is 4.62. The van der Waals surface area contributed by atoms with Gasteiger partial charge in [-0.05, 0) is 17.7 Å². The van der Waals surface area contributed by atoms with E-state index in [1.165, 1.54) is 22.5 Å². The third-order valence-corrected chi connectivity index (χ3v) is 6.49. The predicted octanol–water partition coefficient (Wildman–Crippen LogP) is 0.585. The summed E-state index contributed by atoms with van der Waals surface area (Å²) in [5, 5.41) is 9.24. The third kappa shape index (κ3) is 3.17. The fourth-order valence-electron chi connectivity index (χ4n) is 1.83. The quantitative estimate of drug-likeness (QED) is 0.883. The zero-order chi connectivity index (χ0) is 14.0. The normalized spacial score (nSPS) is 18.6.